The van der Waals surface area contributed by atoms with Crippen LogP contribution in [0.25, 0.3) is 0 Å². The molecule has 0 unspecified atom stereocenters. The number of hydrogen-bond donors (Lipinski definition) is 0. The molecule has 7 heteroatoms. The molecule has 0 fully saturated rings. The summed E-state index contributed by atoms with van der Waals surface area (Å²) < 4.78 is 37.0. The lowest BCUT2D eigenvalue weighted by molar-refractivity contribution is 0.370. The first-order valence-corrected chi connectivity index (χ1v) is 11.1. The number of rotatable bonds is 7. The molecule has 0 aliphatic rings. The van der Waals surface area contributed by atoms with Crippen LogP contribution in [-0.4, -0.2) is 15.0 Å². The van der Waals surface area contributed by atoms with Crippen LogP contribution in [0.1, 0.15) is 0 Å². The van der Waals surface area contributed by atoms with Crippen molar-refractivity contribution in [2.75, 3.05) is 6.61 Å². The highest BCUT2D eigenvalue weighted by molar-refractivity contribution is 9.10. The topological polar surface area (TPSA) is 52.6 Å². The maximum Gasteiger partial charge on any atom is 0.340 e. The third-order valence-corrected chi connectivity index (χ3v) is 6.49. The summed E-state index contributed by atoms with van der Waals surface area (Å²) in [5.74, 6) is 3.32. The lowest BCUT2D eigenvalue weighted by Crippen LogP contribution is -2.11. The predicted molar refractivity (Wildman–Crippen MR) is 113 cm³/mol. The zero-order valence-corrected chi connectivity index (χ0v) is 17.8. The molecule has 0 N–H and O–H groups in total. The van der Waals surface area contributed by atoms with Crippen molar-refractivity contribution in [2.45, 2.75) is 14.7 Å². The van der Waals surface area contributed by atoms with Crippen molar-refractivity contribution in [3.63, 3.8) is 0 Å². The Balaban J connectivity index is 1.87. The number of para-hydroxylation sites is 1. The van der Waals surface area contributed by atoms with Crippen LogP contribution in [0.3, 0.4) is 0 Å². The number of hydrogen-bond acceptors (Lipinski definition) is 5. The first-order chi connectivity index (χ1) is 13.5. The highest BCUT2D eigenvalue weighted by atomic mass is 79.9. The van der Waals surface area contributed by atoms with Crippen molar-refractivity contribution < 1.29 is 17.3 Å². The van der Waals surface area contributed by atoms with E-state index in [4.69, 9.17) is 15.3 Å². The van der Waals surface area contributed by atoms with E-state index in [-0.39, 0.29) is 17.3 Å². The summed E-state index contributed by atoms with van der Waals surface area (Å²) in [7, 11) is -4.00. The van der Waals surface area contributed by atoms with E-state index in [2.05, 4.69) is 21.9 Å². The third-order valence-electron chi connectivity index (χ3n) is 3.50. The molecule has 3 aromatic rings. The summed E-state index contributed by atoms with van der Waals surface area (Å²) in [6.07, 6.45) is 5.18. The van der Waals surface area contributed by atoms with Crippen LogP contribution in [-0.2, 0) is 10.1 Å². The van der Waals surface area contributed by atoms with Gasteiger partial charge in [-0.3, -0.25) is 0 Å². The van der Waals surface area contributed by atoms with Crippen LogP contribution in [0.4, 0.5) is 0 Å². The van der Waals surface area contributed by atoms with Gasteiger partial charge in [0.2, 0.25) is 0 Å². The van der Waals surface area contributed by atoms with Crippen molar-refractivity contribution in [2.24, 2.45) is 0 Å². The Hall–Kier alpha value is -2.40. The van der Waals surface area contributed by atoms with Gasteiger partial charge < -0.3 is 8.92 Å². The Bertz CT molecular complexity index is 1090. The Labute approximate surface area is 177 Å². The van der Waals surface area contributed by atoms with Crippen LogP contribution < -0.4 is 8.92 Å². The molecule has 28 heavy (non-hydrogen) atoms. The fraction of sp³-hybridized carbons (Fsp3) is 0.0476. The monoisotopic (exact) mass is 474 g/mol. The molecule has 0 spiro atoms. The number of benzene rings is 3. The third kappa shape index (κ3) is 5.32. The van der Waals surface area contributed by atoms with E-state index >= 15 is 0 Å². The summed E-state index contributed by atoms with van der Waals surface area (Å²) in [4.78, 5) is 1.49. The van der Waals surface area contributed by atoms with E-state index < -0.39 is 10.1 Å². The normalized spacial score (nSPS) is 10.9. The molecular weight excluding hydrogens is 460 g/mol. The molecule has 4 nitrogen and oxygen atoms in total. The largest absolute Gasteiger partial charge is 0.481 e. The maximum absolute atomic E-state index is 12.8. The first kappa shape index (κ1) is 20.3. The molecule has 3 aromatic carbocycles. The average Bonchev–Trinajstić information content (AvgIpc) is 2.69. The van der Waals surface area contributed by atoms with Crippen LogP contribution >= 0.6 is 27.7 Å². The van der Waals surface area contributed by atoms with Gasteiger partial charge in [-0.05, 0) is 54.6 Å². The van der Waals surface area contributed by atoms with Gasteiger partial charge in [-0.25, -0.2) is 0 Å². The summed E-state index contributed by atoms with van der Waals surface area (Å²) in [6, 6.07) is 20.7. The minimum absolute atomic E-state index is 0.0865. The standard InChI is InChI=1S/C21H15BrO4S2/c1-2-14-25-17-9-11-19(12-10-17)27-20-13-8-16(22)15-21(20)28(23,24)26-18-6-4-3-5-7-18/h1,3-13,15H,14H2. The van der Waals surface area contributed by atoms with E-state index in [1.54, 1.807) is 54.6 Å². The smallest absolute Gasteiger partial charge is 0.340 e. The SMILES string of the molecule is C#CCOc1ccc(Sc2ccc(Br)cc2S(=O)(=O)Oc2ccccc2)cc1. The summed E-state index contributed by atoms with van der Waals surface area (Å²) in [5.41, 5.74) is 0. The van der Waals surface area contributed by atoms with Crippen LogP contribution in [0, 0.1) is 12.3 Å². The quantitative estimate of drug-likeness (QED) is 0.339. The van der Waals surface area contributed by atoms with Crippen molar-refractivity contribution >= 4 is 37.8 Å². The lowest BCUT2D eigenvalue weighted by atomic mass is 10.3. The van der Waals surface area contributed by atoms with Gasteiger partial charge in [-0.15, -0.1) is 6.42 Å². The van der Waals surface area contributed by atoms with Gasteiger partial charge in [0.15, 0.2) is 0 Å². The molecule has 0 radical (unpaired) electrons. The second-order valence-corrected chi connectivity index (χ2v) is 9.05. The van der Waals surface area contributed by atoms with E-state index in [0.29, 0.717) is 15.1 Å². The molecular formula is C21H15BrO4S2. The fourth-order valence-corrected chi connectivity index (χ4v) is 5.07. The molecule has 0 aliphatic heterocycles. The number of ether oxygens (including phenoxy) is 1. The Morgan fingerprint density at radius 2 is 1.68 bits per heavy atom. The lowest BCUT2D eigenvalue weighted by Gasteiger charge is -2.12. The second kappa shape index (κ2) is 9.20. The van der Waals surface area contributed by atoms with Gasteiger partial charge in [-0.2, -0.15) is 8.42 Å². The van der Waals surface area contributed by atoms with Crippen molar-refractivity contribution in [1.29, 1.82) is 0 Å². The number of terminal acetylenes is 1. The minimum Gasteiger partial charge on any atom is -0.481 e. The van der Waals surface area contributed by atoms with Gasteiger partial charge in [0.25, 0.3) is 0 Å². The van der Waals surface area contributed by atoms with Gasteiger partial charge in [0.1, 0.15) is 23.0 Å². The molecule has 0 bridgehead atoms. The molecule has 0 aromatic heterocycles. The molecule has 142 valence electrons. The molecule has 0 saturated carbocycles. The molecule has 0 amide bonds. The predicted octanol–water partition coefficient (Wildman–Crippen LogP) is 5.38. The average molecular weight is 475 g/mol. The maximum atomic E-state index is 12.8. The Morgan fingerprint density at radius 3 is 2.36 bits per heavy atom. The zero-order valence-electron chi connectivity index (χ0n) is 14.5. The van der Waals surface area contributed by atoms with Crippen LogP contribution in [0.2, 0.25) is 0 Å². The minimum atomic E-state index is -4.00. The van der Waals surface area contributed by atoms with Crippen LogP contribution in [0.5, 0.6) is 11.5 Å². The van der Waals surface area contributed by atoms with E-state index in [9.17, 15) is 8.42 Å². The van der Waals surface area contributed by atoms with Crippen molar-refractivity contribution in [3.05, 3.63) is 77.3 Å². The fourth-order valence-electron chi connectivity index (χ4n) is 2.27. The zero-order chi connectivity index (χ0) is 20.0. The highest BCUT2D eigenvalue weighted by Crippen LogP contribution is 2.36. The summed E-state index contributed by atoms with van der Waals surface area (Å²) in [6.45, 7) is 0.193. The first-order valence-electron chi connectivity index (χ1n) is 8.11. The van der Waals surface area contributed by atoms with Gasteiger partial charge in [0, 0.05) is 14.3 Å². The van der Waals surface area contributed by atoms with E-state index in [0.717, 1.165) is 4.90 Å². The second-order valence-electron chi connectivity index (χ2n) is 5.51. The van der Waals surface area contributed by atoms with Gasteiger partial charge in [0.05, 0.1) is 0 Å². The number of halogens is 1. The van der Waals surface area contributed by atoms with Gasteiger partial charge in [-0.1, -0.05) is 51.8 Å². The van der Waals surface area contributed by atoms with Crippen LogP contribution in [0.15, 0.2) is 92.0 Å². The van der Waals surface area contributed by atoms with E-state index in [1.807, 2.05) is 12.1 Å². The van der Waals surface area contributed by atoms with Crippen molar-refractivity contribution in [3.8, 4) is 23.8 Å². The Kier molecular flexibility index (Phi) is 6.68. The van der Waals surface area contributed by atoms with Gasteiger partial charge >= 0.3 is 10.1 Å². The summed E-state index contributed by atoms with van der Waals surface area (Å²) in [5, 5.41) is 0. The summed E-state index contributed by atoms with van der Waals surface area (Å²) >= 11 is 4.65. The van der Waals surface area contributed by atoms with E-state index in [1.165, 1.54) is 17.8 Å². The molecule has 0 heterocycles. The molecule has 0 atom stereocenters. The molecule has 3 rings (SSSR count). The highest BCUT2D eigenvalue weighted by Gasteiger charge is 2.22. The van der Waals surface area contributed by atoms with Crippen molar-refractivity contribution in [1.82, 2.24) is 0 Å². The molecule has 0 aliphatic carbocycles. The molecule has 0 saturated heterocycles. The Morgan fingerprint density at radius 1 is 0.964 bits per heavy atom.